The summed E-state index contributed by atoms with van der Waals surface area (Å²) in [7, 11) is 0. The predicted molar refractivity (Wildman–Crippen MR) is 57.2 cm³/mol. The Balaban J connectivity index is 3.68. The molecule has 0 heterocycles. The lowest BCUT2D eigenvalue weighted by Gasteiger charge is -2.20. The van der Waals surface area contributed by atoms with E-state index in [9.17, 15) is 4.79 Å². The Labute approximate surface area is 86.1 Å². The number of urea groups is 1. The van der Waals surface area contributed by atoms with Crippen LogP contribution in [0.5, 0.6) is 0 Å². The highest BCUT2D eigenvalue weighted by Crippen LogP contribution is 1.99. The van der Waals surface area contributed by atoms with Crippen LogP contribution in [0.1, 0.15) is 33.6 Å². The van der Waals surface area contributed by atoms with E-state index in [1.54, 1.807) is 0 Å². The Bertz CT molecular complexity index is 160. The van der Waals surface area contributed by atoms with Gasteiger partial charge in [-0.25, -0.2) is 4.79 Å². The van der Waals surface area contributed by atoms with E-state index in [1.165, 1.54) is 0 Å². The first-order valence-electron chi connectivity index (χ1n) is 5.27. The van der Waals surface area contributed by atoms with Gasteiger partial charge in [0.05, 0.1) is 12.6 Å². The molecule has 0 fully saturated rings. The van der Waals surface area contributed by atoms with Crippen molar-refractivity contribution < 1.29 is 9.90 Å². The van der Waals surface area contributed by atoms with Gasteiger partial charge in [0.25, 0.3) is 0 Å². The lowest BCUT2D eigenvalue weighted by Crippen LogP contribution is -2.46. The quantitative estimate of drug-likeness (QED) is 0.565. The van der Waals surface area contributed by atoms with Crippen molar-refractivity contribution in [2.75, 3.05) is 13.2 Å². The van der Waals surface area contributed by atoms with Crippen molar-refractivity contribution >= 4 is 6.03 Å². The van der Waals surface area contributed by atoms with Crippen molar-refractivity contribution in [1.29, 1.82) is 0 Å². The summed E-state index contributed by atoms with van der Waals surface area (Å²) in [5.41, 5.74) is 0. The van der Waals surface area contributed by atoms with Crippen LogP contribution < -0.4 is 10.6 Å². The molecule has 0 saturated heterocycles. The fourth-order valence-electron chi connectivity index (χ4n) is 1.02. The van der Waals surface area contributed by atoms with Crippen LogP contribution >= 0.6 is 0 Å². The Kier molecular flexibility index (Phi) is 7.20. The number of aliphatic hydroxyl groups is 1. The van der Waals surface area contributed by atoms with Gasteiger partial charge in [-0.3, -0.25) is 0 Å². The molecule has 3 N–H and O–H groups in total. The highest BCUT2D eigenvalue weighted by Gasteiger charge is 2.13. The SMILES string of the molecule is CCCCNC(=O)NC(CO)C(C)C. The number of hydrogen-bond acceptors (Lipinski definition) is 2. The normalized spacial score (nSPS) is 12.6. The summed E-state index contributed by atoms with van der Waals surface area (Å²) in [6, 6.07) is -0.345. The number of nitrogens with one attached hydrogen (secondary N) is 2. The number of aliphatic hydroxyl groups excluding tert-OH is 1. The van der Waals surface area contributed by atoms with Crippen LogP contribution in [0.25, 0.3) is 0 Å². The van der Waals surface area contributed by atoms with E-state index in [0.717, 1.165) is 12.8 Å². The lowest BCUT2D eigenvalue weighted by molar-refractivity contribution is 0.198. The first kappa shape index (κ1) is 13.2. The Morgan fingerprint density at radius 2 is 2.07 bits per heavy atom. The molecule has 0 saturated carbocycles. The Morgan fingerprint density at radius 3 is 2.50 bits per heavy atom. The van der Waals surface area contributed by atoms with Gasteiger partial charge < -0.3 is 15.7 Å². The highest BCUT2D eigenvalue weighted by atomic mass is 16.3. The standard InChI is InChI=1S/C10H22N2O2/c1-4-5-6-11-10(14)12-9(7-13)8(2)3/h8-9,13H,4-7H2,1-3H3,(H2,11,12,14). The van der Waals surface area contributed by atoms with Crippen LogP contribution in [0.15, 0.2) is 0 Å². The molecule has 1 atom stereocenters. The average Bonchev–Trinajstić information content (AvgIpc) is 2.14. The molecule has 84 valence electrons. The van der Waals surface area contributed by atoms with Crippen LogP contribution in [0.4, 0.5) is 4.79 Å². The summed E-state index contributed by atoms with van der Waals surface area (Å²) in [5, 5.41) is 14.4. The summed E-state index contributed by atoms with van der Waals surface area (Å²) in [4.78, 5) is 11.3. The van der Waals surface area contributed by atoms with Gasteiger partial charge in [-0.05, 0) is 12.3 Å². The molecule has 4 heteroatoms. The summed E-state index contributed by atoms with van der Waals surface area (Å²) in [6.07, 6.45) is 2.05. The second kappa shape index (κ2) is 7.62. The van der Waals surface area contributed by atoms with E-state index >= 15 is 0 Å². The highest BCUT2D eigenvalue weighted by molar-refractivity contribution is 5.74. The maximum atomic E-state index is 11.3. The van der Waals surface area contributed by atoms with Crippen molar-refractivity contribution in [1.82, 2.24) is 10.6 Å². The molecule has 0 rings (SSSR count). The Morgan fingerprint density at radius 1 is 1.43 bits per heavy atom. The van der Waals surface area contributed by atoms with Gasteiger partial charge >= 0.3 is 6.03 Å². The molecule has 4 nitrogen and oxygen atoms in total. The molecule has 0 aromatic carbocycles. The number of hydrogen-bond donors (Lipinski definition) is 3. The number of amides is 2. The van der Waals surface area contributed by atoms with Crippen molar-refractivity contribution in [2.24, 2.45) is 5.92 Å². The summed E-state index contributed by atoms with van der Waals surface area (Å²) < 4.78 is 0. The van der Waals surface area contributed by atoms with Crippen LogP contribution in [0.3, 0.4) is 0 Å². The average molecular weight is 202 g/mol. The molecule has 0 aromatic heterocycles. The van der Waals surface area contributed by atoms with Gasteiger partial charge in [0, 0.05) is 6.54 Å². The van der Waals surface area contributed by atoms with E-state index in [2.05, 4.69) is 17.6 Å². The maximum absolute atomic E-state index is 11.3. The second-order valence-electron chi connectivity index (χ2n) is 3.79. The Hall–Kier alpha value is -0.770. The van der Waals surface area contributed by atoms with Crippen LogP contribution in [-0.4, -0.2) is 30.3 Å². The van der Waals surface area contributed by atoms with Crippen molar-refractivity contribution in [3.63, 3.8) is 0 Å². The minimum absolute atomic E-state index is 0.0150. The molecule has 0 aromatic rings. The number of unbranched alkanes of at least 4 members (excludes halogenated alkanes) is 1. The minimum atomic E-state index is -0.189. The van der Waals surface area contributed by atoms with Crippen LogP contribution in [0, 0.1) is 5.92 Å². The smallest absolute Gasteiger partial charge is 0.315 e. The van der Waals surface area contributed by atoms with E-state index in [1.807, 2.05) is 13.8 Å². The van der Waals surface area contributed by atoms with Gasteiger partial charge in [0.2, 0.25) is 0 Å². The zero-order valence-electron chi connectivity index (χ0n) is 9.34. The van der Waals surface area contributed by atoms with Gasteiger partial charge in [-0.15, -0.1) is 0 Å². The van der Waals surface area contributed by atoms with Crippen molar-refractivity contribution in [2.45, 2.75) is 39.7 Å². The fourth-order valence-corrected chi connectivity index (χ4v) is 1.02. The minimum Gasteiger partial charge on any atom is -0.394 e. The third kappa shape index (κ3) is 5.80. The number of rotatable bonds is 6. The molecular formula is C10H22N2O2. The molecule has 14 heavy (non-hydrogen) atoms. The molecule has 2 amide bonds. The van der Waals surface area contributed by atoms with Crippen molar-refractivity contribution in [3.05, 3.63) is 0 Å². The third-order valence-corrected chi connectivity index (χ3v) is 2.13. The summed E-state index contributed by atoms with van der Waals surface area (Å²) in [6.45, 7) is 6.68. The number of carbonyl (C=O) groups is 1. The number of carbonyl (C=O) groups excluding carboxylic acids is 1. The zero-order chi connectivity index (χ0) is 11.0. The van der Waals surface area contributed by atoms with E-state index < -0.39 is 0 Å². The fraction of sp³-hybridized carbons (Fsp3) is 0.900. The molecule has 1 unspecified atom stereocenters. The van der Waals surface area contributed by atoms with E-state index in [-0.39, 0.29) is 24.6 Å². The predicted octanol–water partition coefficient (Wildman–Crippen LogP) is 1.10. The molecular weight excluding hydrogens is 180 g/mol. The maximum Gasteiger partial charge on any atom is 0.315 e. The zero-order valence-corrected chi connectivity index (χ0v) is 9.34. The first-order valence-corrected chi connectivity index (χ1v) is 5.27. The van der Waals surface area contributed by atoms with Gasteiger partial charge in [0.1, 0.15) is 0 Å². The summed E-state index contributed by atoms with van der Waals surface area (Å²) in [5.74, 6) is 0.247. The summed E-state index contributed by atoms with van der Waals surface area (Å²) >= 11 is 0. The molecule has 0 spiro atoms. The first-order chi connectivity index (χ1) is 6.61. The van der Waals surface area contributed by atoms with E-state index in [4.69, 9.17) is 5.11 Å². The molecule has 0 aliphatic rings. The van der Waals surface area contributed by atoms with Gasteiger partial charge in [0.15, 0.2) is 0 Å². The lowest BCUT2D eigenvalue weighted by atomic mass is 10.1. The molecule has 0 radical (unpaired) electrons. The van der Waals surface area contributed by atoms with Crippen LogP contribution in [-0.2, 0) is 0 Å². The van der Waals surface area contributed by atoms with Gasteiger partial charge in [-0.2, -0.15) is 0 Å². The third-order valence-electron chi connectivity index (χ3n) is 2.13. The van der Waals surface area contributed by atoms with Crippen molar-refractivity contribution in [3.8, 4) is 0 Å². The van der Waals surface area contributed by atoms with Crippen LogP contribution in [0.2, 0.25) is 0 Å². The topological polar surface area (TPSA) is 61.4 Å². The van der Waals surface area contributed by atoms with Gasteiger partial charge in [-0.1, -0.05) is 27.2 Å². The molecule has 0 bridgehead atoms. The largest absolute Gasteiger partial charge is 0.394 e. The molecule has 0 aliphatic carbocycles. The second-order valence-corrected chi connectivity index (χ2v) is 3.79. The molecule has 0 aliphatic heterocycles. The monoisotopic (exact) mass is 202 g/mol. The van der Waals surface area contributed by atoms with E-state index in [0.29, 0.717) is 6.54 Å².